The third-order valence-corrected chi connectivity index (χ3v) is 3.87. The van der Waals surface area contributed by atoms with Crippen LogP contribution in [0.3, 0.4) is 0 Å². The Morgan fingerprint density at radius 3 is 2.16 bits per heavy atom. The Kier molecular flexibility index (Phi) is 5.67. The van der Waals surface area contributed by atoms with Gasteiger partial charge in [0.15, 0.2) is 0 Å². The molecule has 0 radical (unpaired) electrons. The van der Waals surface area contributed by atoms with Crippen LogP contribution in [0.25, 0.3) is 0 Å². The Bertz CT molecular complexity index is 427. The highest BCUT2D eigenvalue weighted by molar-refractivity contribution is 5.54. The molecule has 0 aliphatic heterocycles. The van der Waals surface area contributed by atoms with Crippen LogP contribution in [0.2, 0.25) is 0 Å². The number of likely N-dealkylation sites (N-methyl/N-ethyl adjacent to an activating group) is 1. The van der Waals surface area contributed by atoms with E-state index >= 15 is 0 Å². The molecule has 0 amide bonds. The lowest BCUT2D eigenvalue weighted by Crippen LogP contribution is -2.22. The summed E-state index contributed by atoms with van der Waals surface area (Å²) in [5.41, 5.74) is 3.54. The summed E-state index contributed by atoms with van der Waals surface area (Å²) in [6.07, 6.45) is 0. The lowest BCUT2D eigenvalue weighted by atomic mass is 9.85. The minimum absolute atomic E-state index is 0.410. The second kappa shape index (κ2) is 6.80. The first-order valence-corrected chi connectivity index (χ1v) is 6.84. The van der Waals surface area contributed by atoms with E-state index in [0.717, 1.165) is 23.6 Å². The summed E-state index contributed by atoms with van der Waals surface area (Å²) in [6, 6.07) is 2.13. The highest BCUT2D eigenvalue weighted by atomic mass is 16.5. The van der Waals surface area contributed by atoms with Crippen molar-refractivity contribution in [1.82, 2.24) is 5.32 Å². The summed E-state index contributed by atoms with van der Waals surface area (Å²) in [5, 5.41) is 3.27. The van der Waals surface area contributed by atoms with E-state index in [9.17, 15) is 0 Å². The predicted molar refractivity (Wildman–Crippen MR) is 80.5 cm³/mol. The Morgan fingerprint density at radius 2 is 1.74 bits per heavy atom. The van der Waals surface area contributed by atoms with Gasteiger partial charge in [0.2, 0.25) is 0 Å². The van der Waals surface area contributed by atoms with E-state index in [1.165, 1.54) is 11.1 Å². The van der Waals surface area contributed by atoms with Crippen molar-refractivity contribution in [2.45, 2.75) is 33.6 Å². The van der Waals surface area contributed by atoms with Gasteiger partial charge in [-0.25, -0.2) is 0 Å². The molecule has 1 atom stereocenters. The fraction of sp³-hybridized carbons (Fsp3) is 0.625. The molecule has 3 heteroatoms. The van der Waals surface area contributed by atoms with Gasteiger partial charge in [-0.3, -0.25) is 0 Å². The summed E-state index contributed by atoms with van der Waals surface area (Å²) in [4.78, 5) is 0. The lowest BCUT2D eigenvalue weighted by Gasteiger charge is -2.26. The molecule has 1 rings (SSSR count). The van der Waals surface area contributed by atoms with Crippen molar-refractivity contribution in [2.75, 3.05) is 27.8 Å². The van der Waals surface area contributed by atoms with Crippen LogP contribution >= 0.6 is 0 Å². The summed E-state index contributed by atoms with van der Waals surface area (Å²) in [7, 11) is 5.45. The first kappa shape index (κ1) is 15.8. The van der Waals surface area contributed by atoms with Crippen molar-refractivity contribution < 1.29 is 9.47 Å². The van der Waals surface area contributed by atoms with E-state index in [1.807, 2.05) is 7.05 Å². The topological polar surface area (TPSA) is 30.5 Å². The Morgan fingerprint density at radius 1 is 1.11 bits per heavy atom. The van der Waals surface area contributed by atoms with Crippen LogP contribution in [-0.2, 0) is 0 Å². The number of nitrogens with one attached hydrogen (secondary N) is 1. The molecular weight excluding hydrogens is 238 g/mol. The largest absolute Gasteiger partial charge is 0.496 e. The molecule has 0 aromatic heterocycles. The summed E-state index contributed by atoms with van der Waals surface area (Å²) >= 11 is 0. The van der Waals surface area contributed by atoms with Crippen molar-refractivity contribution in [3.05, 3.63) is 22.8 Å². The molecule has 108 valence electrons. The van der Waals surface area contributed by atoms with Crippen LogP contribution in [0.15, 0.2) is 6.07 Å². The molecule has 0 saturated carbocycles. The maximum absolute atomic E-state index is 5.65. The minimum atomic E-state index is 0.410. The average Bonchev–Trinajstić information content (AvgIpc) is 2.38. The molecule has 0 saturated heterocycles. The summed E-state index contributed by atoms with van der Waals surface area (Å²) in [6.45, 7) is 9.58. The molecule has 3 nitrogen and oxygen atoms in total. The Hall–Kier alpha value is -1.22. The first-order valence-electron chi connectivity index (χ1n) is 6.84. The second-order valence-corrected chi connectivity index (χ2v) is 5.36. The Labute approximate surface area is 117 Å². The quantitative estimate of drug-likeness (QED) is 0.856. The van der Waals surface area contributed by atoms with Crippen LogP contribution in [0, 0.1) is 19.8 Å². The number of hydrogen-bond acceptors (Lipinski definition) is 3. The van der Waals surface area contributed by atoms with Crippen LogP contribution < -0.4 is 14.8 Å². The smallest absolute Gasteiger partial charge is 0.125 e. The first-order chi connectivity index (χ1) is 8.97. The van der Waals surface area contributed by atoms with Crippen molar-refractivity contribution in [3.63, 3.8) is 0 Å². The third kappa shape index (κ3) is 3.21. The van der Waals surface area contributed by atoms with E-state index in [-0.39, 0.29) is 0 Å². The van der Waals surface area contributed by atoms with Gasteiger partial charge in [-0.15, -0.1) is 0 Å². The van der Waals surface area contributed by atoms with Crippen molar-refractivity contribution >= 4 is 0 Å². The van der Waals surface area contributed by atoms with Crippen LogP contribution in [0.5, 0.6) is 11.5 Å². The van der Waals surface area contributed by atoms with Gasteiger partial charge < -0.3 is 14.8 Å². The van der Waals surface area contributed by atoms with Gasteiger partial charge in [0.25, 0.3) is 0 Å². The number of hydrogen-bond donors (Lipinski definition) is 1. The van der Waals surface area contributed by atoms with Gasteiger partial charge in [0.1, 0.15) is 11.5 Å². The van der Waals surface area contributed by atoms with Crippen molar-refractivity contribution in [3.8, 4) is 11.5 Å². The monoisotopic (exact) mass is 265 g/mol. The standard InChI is InChI=1S/C16H27NO2/c1-10(2)14(9-17-5)13-8-15(18-6)11(3)12(4)16(13)19-7/h8,10,14,17H,9H2,1-7H3. The third-order valence-electron chi connectivity index (χ3n) is 3.87. The molecule has 0 aliphatic carbocycles. The number of ether oxygens (including phenoxy) is 2. The van der Waals surface area contributed by atoms with E-state index in [2.05, 4.69) is 39.1 Å². The summed E-state index contributed by atoms with van der Waals surface area (Å²) < 4.78 is 11.1. The molecule has 1 unspecified atom stereocenters. The molecule has 0 fully saturated rings. The van der Waals surface area contributed by atoms with Gasteiger partial charge in [0.05, 0.1) is 14.2 Å². The molecule has 1 aromatic rings. The molecule has 0 heterocycles. The molecule has 1 aromatic carbocycles. The predicted octanol–water partition coefficient (Wildman–Crippen LogP) is 3.28. The van der Waals surface area contributed by atoms with Gasteiger partial charge in [-0.05, 0) is 44.0 Å². The number of rotatable bonds is 6. The van der Waals surface area contributed by atoms with E-state index < -0.39 is 0 Å². The zero-order valence-electron chi connectivity index (χ0n) is 13.3. The van der Waals surface area contributed by atoms with E-state index in [0.29, 0.717) is 11.8 Å². The highest BCUT2D eigenvalue weighted by Crippen LogP contribution is 2.39. The van der Waals surface area contributed by atoms with Crippen molar-refractivity contribution in [2.24, 2.45) is 5.92 Å². The lowest BCUT2D eigenvalue weighted by molar-refractivity contribution is 0.379. The Balaban J connectivity index is 3.42. The number of benzene rings is 1. The maximum Gasteiger partial charge on any atom is 0.125 e. The molecule has 19 heavy (non-hydrogen) atoms. The van der Waals surface area contributed by atoms with Crippen LogP contribution in [-0.4, -0.2) is 27.8 Å². The van der Waals surface area contributed by atoms with Gasteiger partial charge >= 0.3 is 0 Å². The molecule has 0 bridgehead atoms. The van der Waals surface area contributed by atoms with Gasteiger partial charge in [-0.1, -0.05) is 13.8 Å². The molecular formula is C16H27NO2. The minimum Gasteiger partial charge on any atom is -0.496 e. The van der Waals surface area contributed by atoms with E-state index in [4.69, 9.17) is 9.47 Å². The van der Waals surface area contributed by atoms with Crippen molar-refractivity contribution in [1.29, 1.82) is 0 Å². The van der Waals surface area contributed by atoms with Gasteiger partial charge in [0, 0.05) is 18.0 Å². The van der Waals surface area contributed by atoms with Crippen LogP contribution in [0.1, 0.15) is 36.5 Å². The highest BCUT2D eigenvalue weighted by Gasteiger charge is 2.23. The second-order valence-electron chi connectivity index (χ2n) is 5.36. The molecule has 0 aliphatic rings. The molecule has 1 N–H and O–H groups in total. The van der Waals surface area contributed by atoms with Gasteiger partial charge in [-0.2, -0.15) is 0 Å². The normalized spacial score (nSPS) is 12.6. The fourth-order valence-electron chi connectivity index (χ4n) is 2.57. The average molecular weight is 265 g/mol. The SMILES string of the molecule is CNCC(c1cc(OC)c(C)c(C)c1OC)C(C)C. The molecule has 0 spiro atoms. The maximum atomic E-state index is 5.65. The fourth-order valence-corrected chi connectivity index (χ4v) is 2.57. The zero-order chi connectivity index (χ0) is 14.6. The van der Waals surface area contributed by atoms with E-state index in [1.54, 1.807) is 14.2 Å². The summed E-state index contributed by atoms with van der Waals surface area (Å²) in [5.74, 6) is 2.88. The van der Waals surface area contributed by atoms with Crippen LogP contribution in [0.4, 0.5) is 0 Å². The number of methoxy groups -OCH3 is 2. The zero-order valence-corrected chi connectivity index (χ0v) is 13.3.